The number of carbonyl (C=O) groups is 1. The van der Waals surface area contributed by atoms with Crippen LogP contribution in [0.5, 0.6) is 0 Å². The van der Waals surface area contributed by atoms with Crippen LogP contribution in [0.4, 0.5) is 0 Å². The topological polar surface area (TPSA) is 62.2 Å². The fourth-order valence-corrected chi connectivity index (χ4v) is 3.13. The summed E-state index contributed by atoms with van der Waals surface area (Å²) in [4.78, 5) is 16.6. The summed E-state index contributed by atoms with van der Waals surface area (Å²) in [5.41, 5.74) is 0.148. The number of nitrogens with zero attached hydrogens (tertiary/aromatic N) is 1. The highest BCUT2D eigenvalue weighted by Crippen LogP contribution is 2.28. The summed E-state index contributed by atoms with van der Waals surface area (Å²) >= 11 is 1.46. The summed E-state index contributed by atoms with van der Waals surface area (Å²) in [5.74, 6) is -0.131. The number of hydrogen-bond acceptors (Lipinski definition) is 4. The van der Waals surface area contributed by atoms with Crippen LogP contribution in [0.1, 0.15) is 42.5 Å². The van der Waals surface area contributed by atoms with Crippen molar-refractivity contribution in [2.75, 3.05) is 12.9 Å². The quantitative estimate of drug-likeness (QED) is 0.830. The van der Waals surface area contributed by atoms with E-state index >= 15 is 0 Å². The van der Waals surface area contributed by atoms with Crippen LogP contribution >= 0.6 is 11.8 Å². The van der Waals surface area contributed by atoms with Gasteiger partial charge in [0.25, 0.3) is 5.91 Å². The van der Waals surface area contributed by atoms with Gasteiger partial charge in [-0.2, -0.15) is 0 Å². The Labute approximate surface area is 118 Å². The van der Waals surface area contributed by atoms with Gasteiger partial charge >= 0.3 is 0 Å². The van der Waals surface area contributed by atoms with Gasteiger partial charge < -0.3 is 10.4 Å². The Morgan fingerprint density at radius 1 is 1.47 bits per heavy atom. The molecule has 1 saturated carbocycles. The van der Waals surface area contributed by atoms with Gasteiger partial charge in [0.15, 0.2) is 0 Å². The molecule has 0 saturated heterocycles. The number of nitrogens with one attached hydrogen (secondary N) is 1. The van der Waals surface area contributed by atoms with E-state index in [9.17, 15) is 9.90 Å². The van der Waals surface area contributed by atoms with E-state index < -0.39 is 5.54 Å². The molecule has 1 aromatic heterocycles. The summed E-state index contributed by atoms with van der Waals surface area (Å²) in [5, 5.41) is 13.4. The zero-order chi connectivity index (χ0) is 13.7. The molecule has 19 heavy (non-hydrogen) atoms. The zero-order valence-electron chi connectivity index (χ0n) is 11.2. The second kappa shape index (κ2) is 6.39. The van der Waals surface area contributed by atoms with Crippen molar-refractivity contribution in [3.63, 3.8) is 0 Å². The zero-order valence-corrected chi connectivity index (χ0v) is 12.0. The highest BCUT2D eigenvalue weighted by atomic mass is 32.2. The molecule has 1 aliphatic carbocycles. The fourth-order valence-electron chi connectivity index (χ4n) is 2.59. The first kappa shape index (κ1) is 14.3. The average molecular weight is 280 g/mol. The van der Waals surface area contributed by atoms with E-state index in [0.717, 1.165) is 30.7 Å². The summed E-state index contributed by atoms with van der Waals surface area (Å²) in [6.07, 6.45) is 8.59. The van der Waals surface area contributed by atoms with Crippen LogP contribution in [0.2, 0.25) is 0 Å². The summed E-state index contributed by atoms with van der Waals surface area (Å²) in [6, 6.07) is 3.54. The van der Waals surface area contributed by atoms with E-state index in [1.54, 1.807) is 18.3 Å². The van der Waals surface area contributed by atoms with Gasteiger partial charge in [0.05, 0.1) is 17.7 Å². The number of aliphatic hydroxyl groups excluding tert-OH is 1. The second-order valence-electron chi connectivity index (χ2n) is 5.01. The third-order valence-corrected chi connectivity index (χ3v) is 4.41. The lowest BCUT2D eigenvalue weighted by Crippen LogP contribution is -2.52. The predicted octanol–water partition coefficient (Wildman–Crippen LogP) is 2.23. The first-order chi connectivity index (χ1) is 9.21. The number of aliphatic hydroxyl groups is 1. The van der Waals surface area contributed by atoms with Crippen molar-refractivity contribution < 1.29 is 9.90 Å². The highest BCUT2D eigenvalue weighted by molar-refractivity contribution is 7.98. The number of carbonyl (C=O) groups excluding carboxylic acids is 1. The maximum absolute atomic E-state index is 12.4. The molecule has 0 spiro atoms. The fraction of sp³-hybridized carbons (Fsp3) is 0.571. The van der Waals surface area contributed by atoms with Gasteiger partial charge in [0, 0.05) is 6.20 Å². The van der Waals surface area contributed by atoms with Crippen molar-refractivity contribution in [3.8, 4) is 0 Å². The van der Waals surface area contributed by atoms with Gasteiger partial charge in [-0.25, -0.2) is 4.98 Å². The van der Waals surface area contributed by atoms with E-state index in [1.807, 2.05) is 6.26 Å². The normalized spacial score (nSPS) is 18.0. The molecular formula is C14H20N2O2S. The number of rotatable bonds is 4. The van der Waals surface area contributed by atoms with Gasteiger partial charge in [0.1, 0.15) is 5.03 Å². The number of hydrogen-bond donors (Lipinski definition) is 2. The van der Waals surface area contributed by atoms with E-state index in [-0.39, 0.29) is 12.5 Å². The summed E-state index contributed by atoms with van der Waals surface area (Å²) < 4.78 is 0. The lowest BCUT2D eigenvalue weighted by atomic mass is 9.82. The van der Waals surface area contributed by atoms with E-state index in [4.69, 9.17) is 0 Å². The molecule has 0 atom stereocenters. The summed E-state index contributed by atoms with van der Waals surface area (Å²) in [7, 11) is 0. The van der Waals surface area contributed by atoms with Gasteiger partial charge in [-0.05, 0) is 31.2 Å². The lowest BCUT2D eigenvalue weighted by Gasteiger charge is -2.36. The van der Waals surface area contributed by atoms with Gasteiger partial charge in [0.2, 0.25) is 0 Å². The van der Waals surface area contributed by atoms with Crippen LogP contribution in [0.25, 0.3) is 0 Å². The van der Waals surface area contributed by atoms with Crippen LogP contribution in [0.3, 0.4) is 0 Å². The number of pyridine rings is 1. The number of thioether (sulfide) groups is 1. The Kier molecular flexibility index (Phi) is 4.82. The Morgan fingerprint density at radius 3 is 2.84 bits per heavy atom. The molecule has 1 aliphatic rings. The van der Waals surface area contributed by atoms with Crippen molar-refractivity contribution in [2.24, 2.45) is 0 Å². The Morgan fingerprint density at radius 2 is 2.21 bits per heavy atom. The largest absolute Gasteiger partial charge is 0.394 e. The van der Waals surface area contributed by atoms with Gasteiger partial charge in [-0.1, -0.05) is 19.3 Å². The predicted molar refractivity (Wildman–Crippen MR) is 76.4 cm³/mol. The molecular weight excluding hydrogens is 260 g/mol. The minimum absolute atomic E-state index is 0.00754. The van der Waals surface area contributed by atoms with Crippen LogP contribution in [0.15, 0.2) is 23.4 Å². The van der Waals surface area contributed by atoms with E-state index in [1.165, 1.54) is 18.2 Å². The standard InChI is InChI=1S/C14H20N2O2S/c1-19-13-11(6-5-9-15-13)12(18)16-14(10-17)7-3-2-4-8-14/h5-6,9,17H,2-4,7-8,10H2,1H3,(H,16,18). The van der Waals surface area contributed by atoms with Gasteiger partial charge in [-0.3, -0.25) is 4.79 Å². The minimum atomic E-state index is -0.444. The first-order valence-electron chi connectivity index (χ1n) is 6.63. The molecule has 1 fully saturated rings. The third-order valence-electron chi connectivity index (χ3n) is 3.70. The molecule has 0 aliphatic heterocycles. The first-order valence-corrected chi connectivity index (χ1v) is 7.86. The van der Waals surface area contributed by atoms with Crippen LogP contribution in [-0.2, 0) is 0 Å². The Bertz CT molecular complexity index is 445. The third kappa shape index (κ3) is 3.28. The maximum Gasteiger partial charge on any atom is 0.254 e. The molecule has 0 aromatic carbocycles. The Hall–Kier alpha value is -1.07. The van der Waals surface area contributed by atoms with Crippen molar-refractivity contribution in [1.29, 1.82) is 0 Å². The Balaban J connectivity index is 2.15. The van der Waals surface area contributed by atoms with Crippen molar-refractivity contribution in [1.82, 2.24) is 10.3 Å². The van der Waals surface area contributed by atoms with Gasteiger partial charge in [-0.15, -0.1) is 11.8 Å². The van der Waals surface area contributed by atoms with E-state index in [2.05, 4.69) is 10.3 Å². The molecule has 2 N–H and O–H groups in total. The van der Waals surface area contributed by atoms with Crippen LogP contribution in [-0.4, -0.2) is 34.4 Å². The van der Waals surface area contributed by atoms with Crippen LogP contribution in [0, 0.1) is 0 Å². The molecule has 104 valence electrons. The molecule has 0 radical (unpaired) electrons. The minimum Gasteiger partial charge on any atom is -0.394 e. The molecule has 4 nitrogen and oxygen atoms in total. The number of aromatic nitrogens is 1. The molecule has 1 heterocycles. The highest BCUT2D eigenvalue weighted by Gasteiger charge is 2.33. The number of amides is 1. The SMILES string of the molecule is CSc1ncccc1C(=O)NC1(CO)CCCCC1. The maximum atomic E-state index is 12.4. The van der Waals surface area contributed by atoms with Crippen molar-refractivity contribution in [3.05, 3.63) is 23.9 Å². The smallest absolute Gasteiger partial charge is 0.254 e. The van der Waals surface area contributed by atoms with Crippen molar-refractivity contribution in [2.45, 2.75) is 42.7 Å². The molecule has 5 heteroatoms. The lowest BCUT2D eigenvalue weighted by molar-refractivity contribution is 0.0755. The van der Waals surface area contributed by atoms with Crippen molar-refractivity contribution >= 4 is 17.7 Å². The average Bonchev–Trinajstić information content (AvgIpc) is 2.48. The molecule has 0 unspecified atom stereocenters. The molecule has 1 amide bonds. The van der Waals surface area contributed by atoms with E-state index in [0.29, 0.717) is 5.56 Å². The molecule has 2 rings (SSSR count). The molecule has 0 bridgehead atoms. The monoisotopic (exact) mass is 280 g/mol. The summed E-state index contributed by atoms with van der Waals surface area (Å²) in [6.45, 7) is 0.00754. The second-order valence-corrected chi connectivity index (χ2v) is 5.81. The van der Waals surface area contributed by atoms with Crippen LogP contribution < -0.4 is 5.32 Å². The molecule has 1 aromatic rings.